The molecule has 0 aromatic heterocycles. The zero-order chi connectivity index (χ0) is 29.5. The number of nitrogens with zero attached hydrogens (tertiary/aromatic N) is 3. The Kier molecular flexibility index (Phi) is 10.9. The number of carbonyl (C=O) groups excluding carboxylic acids is 2. The van der Waals surface area contributed by atoms with Crippen LogP contribution in [0.15, 0.2) is 42.0 Å². The first-order valence-electron chi connectivity index (χ1n) is 14.9. The van der Waals surface area contributed by atoms with Crippen LogP contribution in [0.4, 0.5) is 10.5 Å². The van der Waals surface area contributed by atoms with Gasteiger partial charge in [-0.15, -0.1) is 0 Å². The van der Waals surface area contributed by atoms with Crippen molar-refractivity contribution < 1.29 is 28.9 Å². The van der Waals surface area contributed by atoms with Crippen LogP contribution in [0, 0.1) is 11.8 Å². The lowest BCUT2D eigenvalue weighted by atomic mass is 9.91. The summed E-state index contributed by atoms with van der Waals surface area (Å²) in [5.41, 5.74) is 3.01. The molecule has 226 valence electrons. The average molecular weight is 570 g/mol. The number of hydrogen-bond acceptors (Lipinski definition) is 8. The Morgan fingerprint density at radius 1 is 1.12 bits per heavy atom. The SMILES string of the molecule is C/C(=C\c1cccc(N(C)C2COC2)c1)[C@H]1OC(=O)C[C@H](O)CC[C@H](C)[C@@H](OC(=O)N2CCN(C)CC2)/C=C\[C@@H]1C. The van der Waals surface area contributed by atoms with Crippen LogP contribution < -0.4 is 4.90 Å². The van der Waals surface area contributed by atoms with E-state index in [4.69, 9.17) is 14.2 Å². The first-order valence-corrected chi connectivity index (χ1v) is 14.9. The summed E-state index contributed by atoms with van der Waals surface area (Å²) in [4.78, 5) is 32.0. The minimum absolute atomic E-state index is 0.0177. The van der Waals surface area contributed by atoms with Gasteiger partial charge in [0.15, 0.2) is 0 Å². The fourth-order valence-electron chi connectivity index (χ4n) is 5.47. The van der Waals surface area contributed by atoms with Crippen molar-refractivity contribution >= 4 is 23.8 Å². The van der Waals surface area contributed by atoms with Gasteiger partial charge in [0.2, 0.25) is 0 Å². The van der Waals surface area contributed by atoms with E-state index in [0.29, 0.717) is 32.0 Å². The largest absolute Gasteiger partial charge is 0.457 e. The highest BCUT2D eigenvalue weighted by atomic mass is 16.6. The number of ether oxygens (including phenoxy) is 3. The van der Waals surface area contributed by atoms with E-state index in [-0.39, 0.29) is 24.3 Å². The monoisotopic (exact) mass is 569 g/mol. The summed E-state index contributed by atoms with van der Waals surface area (Å²) in [6.07, 6.45) is 4.85. The smallest absolute Gasteiger partial charge is 0.410 e. The normalized spacial score (nSPS) is 29.9. The molecule has 41 heavy (non-hydrogen) atoms. The van der Waals surface area contributed by atoms with Crippen LogP contribution in [0.3, 0.4) is 0 Å². The van der Waals surface area contributed by atoms with E-state index in [2.05, 4.69) is 29.0 Å². The molecule has 1 aromatic rings. The maximum atomic E-state index is 13.0. The van der Waals surface area contributed by atoms with Crippen LogP contribution in [0.2, 0.25) is 0 Å². The number of hydrogen-bond donors (Lipinski definition) is 1. The Bertz CT molecular complexity index is 1090. The lowest BCUT2D eigenvalue weighted by molar-refractivity contribution is -0.151. The van der Waals surface area contributed by atoms with Crippen molar-refractivity contribution in [3.8, 4) is 0 Å². The summed E-state index contributed by atoms with van der Waals surface area (Å²) in [5, 5.41) is 10.6. The third-order valence-corrected chi connectivity index (χ3v) is 8.55. The number of cyclic esters (lactones) is 1. The molecule has 3 aliphatic rings. The molecule has 3 aliphatic heterocycles. The topological polar surface area (TPSA) is 91.8 Å². The molecule has 0 spiro atoms. The molecule has 2 saturated heterocycles. The molecular formula is C32H47N3O6. The van der Waals surface area contributed by atoms with Gasteiger partial charge in [0.05, 0.1) is 31.8 Å². The summed E-state index contributed by atoms with van der Waals surface area (Å²) in [6, 6.07) is 8.64. The molecule has 1 N–H and O–H groups in total. The van der Waals surface area contributed by atoms with Gasteiger partial charge in [0, 0.05) is 44.8 Å². The van der Waals surface area contributed by atoms with Crippen LogP contribution >= 0.6 is 0 Å². The van der Waals surface area contributed by atoms with Crippen molar-refractivity contribution in [3.05, 3.63) is 47.6 Å². The van der Waals surface area contributed by atoms with Crippen LogP contribution in [-0.2, 0) is 19.0 Å². The molecule has 2 fully saturated rings. The van der Waals surface area contributed by atoms with Crippen molar-refractivity contribution in [2.24, 2.45) is 11.8 Å². The van der Waals surface area contributed by atoms with Crippen LogP contribution in [0.25, 0.3) is 6.08 Å². The van der Waals surface area contributed by atoms with E-state index in [1.165, 1.54) is 0 Å². The molecule has 0 saturated carbocycles. The highest BCUT2D eigenvalue weighted by Crippen LogP contribution is 2.27. The molecule has 0 radical (unpaired) electrons. The fraction of sp³-hybridized carbons (Fsp3) is 0.625. The summed E-state index contributed by atoms with van der Waals surface area (Å²) >= 11 is 0. The Balaban J connectivity index is 1.53. The van der Waals surface area contributed by atoms with Crippen molar-refractivity contribution in [2.45, 2.75) is 64.4 Å². The third kappa shape index (κ3) is 8.56. The minimum Gasteiger partial charge on any atom is -0.457 e. The number of benzene rings is 1. The van der Waals surface area contributed by atoms with Gasteiger partial charge < -0.3 is 34.0 Å². The van der Waals surface area contributed by atoms with Gasteiger partial charge >= 0.3 is 12.1 Å². The van der Waals surface area contributed by atoms with Gasteiger partial charge in [-0.3, -0.25) is 4.79 Å². The molecule has 0 unspecified atom stereocenters. The number of esters is 1. The predicted octanol–water partition coefficient (Wildman–Crippen LogP) is 3.96. The number of amides is 1. The van der Waals surface area contributed by atoms with E-state index < -0.39 is 24.3 Å². The molecule has 1 amide bonds. The molecule has 0 bridgehead atoms. The molecule has 5 atom stereocenters. The average Bonchev–Trinajstić information content (AvgIpc) is 2.91. The highest BCUT2D eigenvalue weighted by Gasteiger charge is 2.29. The van der Waals surface area contributed by atoms with Crippen LogP contribution in [-0.4, -0.2) is 105 Å². The maximum absolute atomic E-state index is 13.0. The number of aliphatic hydroxyl groups is 1. The third-order valence-electron chi connectivity index (χ3n) is 8.55. The van der Waals surface area contributed by atoms with E-state index in [1.54, 1.807) is 4.90 Å². The molecule has 9 nitrogen and oxygen atoms in total. The first kappa shape index (κ1) is 31.1. The quantitative estimate of drug-likeness (QED) is 0.421. The second-order valence-corrected chi connectivity index (χ2v) is 12.0. The zero-order valence-corrected chi connectivity index (χ0v) is 25.2. The Hall–Kier alpha value is -2.88. The molecule has 4 rings (SSSR count). The molecule has 1 aromatic carbocycles. The number of carbonyl (C=O) groups is 2. The first-order chi connectivity index (χ1) is 19.6. The maximum Gasteiger partial charge on any atom is 0.410 e. The number of likely N-dealkylation sites (N-methyl/N-ethyl adjacent to an activating group) is 2. The van der Waals surface area contributed by atoms with Crippen molar-refractivity contribution in [2.75, 3.05) is 58.4 Å². The molecule has 0 aliphatic carbocycles. The van der Waals surface area contributed by atoms with Gasteiger partial charge in [-0.1, -0.05) is 38.1 Å². The second-order valence-electron chi connectivity index (χ2n) is 12.0. The molecular weight excluding hydrogens is 522 g/mol. The van der Waals surface area contributed by atoms with Gasteiger partial charge in [0.1, 0.15) is 12.2 Å². The highest BCUT2D eigenvalue weighted by molar-refractivity contribution is 5.71. The van der Waals surface area contributed by atoms with E-state index >= 15 is 0 Å². The van der Waals surface area contributed by atoms with E-state index in [0.717, 1.165) is 43.1 Å². The zero-order valence-electron chi connectivity index (χ0n) is 25.2. The van der Waals surface area contributed by atoms with E-state index in [1.807, 2.05) is 58.2 Å². The van der Waals surface area contributed by atoms with Crippen molar-refractivity contribution in [1.29, 1.82) is 0 Å². The lowest BCUT2D eigenvalue weighted by Gasteiger charge is -2.36. The van der Waals surface area contributed by atoms with Gasteiger partial charge in [-0.05, 0) is 62.1 Å². The molecule has 9 heteroatoms. The minimum atomic E-state index is -0.815. The number of aliphatic hydroxyl groups excluding tert-OH is 1. The van der Waals surface area contributed by atoms with Gasteiger partial charge in [-0.2, -0.15) is 0 Å². The summed E-state index contributed by atoms with van der Waals surface area (Å²) in [7, 11) is 4.12. The summed E-state index contributed by atoms with van der Waals surface area (Å²) in [5.74, 6) is -0.613. The predicted molar refractivity (Wildman–Crippen MR) is 160 cm³/mol. The van der Waals surface area contributed by atoms with Gasteiger partial charge in [-0.25, -0.2) is 4.79 Å². The van der Waals surface area contributed by atoms with Gasteiger partial charge in [0.25, 0.3) is 0 Å². The van der Waals surface area contributed by atoms with E-state index in [9.17, 15) is 14.7 Å². The Morgan fingerprint density at radius 2 is 1.85 bits per heavy atom. The second kappa shape index (κ2) is 14.3. The number of rotatable bonds is 5. The molecule has 3 heterocycles. The Morgan fingerprint density at radius 3 is 2.54 bits per heavy atom. The van der Waals surface area contributed by atoms with Crippen molar-refractivity contribution in [3.63, 3.8) is 0 Å². The number of anilines is 1. The summed E-state index contributed by atoms with van der Waals surface area (Å²) < 4.78 is 17.3. The lowest BCUT2D eigenvalue weighted by Crippen LogP contribution is -2.48. The summed E-state index contributed by atoms with van der Waals surface area (Å²) in [6.45, 7) is 10.4. The van der Waals surface area contributed by atoms with Crippen LogP contribution in [0.1, 0.15) is 45.6 Å². The van der Waals surface area contributed by atoms with Crippen molar-refractivity contribution in [1.82, 2.24) is 9.80 Å². The Labute approximate surface area is 244 Å². The fourth-order valence-corrected chi connectivity index (χ4v) is 5.47. The number of piperazine rings is 1. The standard InChI is InChI=1S/C32H47N3O6/c1-22-9-11-28(36)19-30(37)41-31(23(2)10-12-29(22)40-32(38)35-15-13-33(4)14-16-35)24(3)17-25-7-6-8-26(18-25)34(5)27-20-39-21-27/h6-8,10,12,17-18,22-23,27-29,31,36H,9,11,13-16,19-21H2,1-5H3/b12-10-,24-17+/t22-,23-,28+,29-,31-/m0/s1. The van der Waals surface area contributed by atoms with Crippen LogP contribution in [0.5, 0.6) is 0 Å².